The molecule has 1 aliphatic rings. The standard InChI is InChI=1S/C16H21N3O3S/c1-2-14(20)19-16(23)18-12-7-5-11(6-8-12)15(21)17-10-13-4-3-9-22-13/h5-8,13H,2-4,9-10H2,1H3,(H,17,21)(H2,18,19,20,23)/t13-/m1/s1. The van der Waals surface area contributed by atoms with E-state index in [0.29, 0.717) is 24.2 Å². The Bertz CT molecular complexity index is 568. The summed E-state index contributed by atoms with van der Waals surface area (Å²) in [5.74, 6) is -0.276. The normalized spacial score (nSPS) is 16.7. The topological polar surface area (TPSA) is 79.5 Å². The van der Waals surface area contributed by atoms with E-state index in [1.54, 1.807) is 31.2 Å². The van der Waals surface area contributed by atoms with Crippen LogP contribution in [0.15, 0.2) is 24.3 Å². The molecule has 0 aliphatic carbocycles. The second kappa shape index (κ2) is 8.59. The van der Waals surface area contributed by atoms with Crippen LogP contribution in [-0.4, -0.2) is 36.2 Å². The number of amides is 2. The highest BCUT2D eigenvalue weighted by Gasteiger charge is 2.16. The Labute approximate surface area is 141 Å². The molecule has 0 aromatic heterocycles. The molecule has 23 heavy (non-hydrogen) atoms. The van der Waals surface area contributed by atoms with Gasteiger partial charge in [-0.05, 0) is 49.3 Å². The molecule has 1 atom stereocenters. The molecule has 1 aromatic carbocycles. The lowest BCUT2D eigenvalue weighted by Crippen LogP contribution is -2.33. The average molecular weight is 335 g/mol. The van der Waals surface area contributed by atoms with Gasteiger partial charge in [0.25, 0.3) is 5.91 Å². The van der Waals surface area contributed by atoms with Crippen molar-refractivity contribution in [2.24, 2.45) is 0 Å². The molecule has 1 fully saturated rings. The zero-order valence-electron chi connectivity index (χ0n) is 13.1. The van der Waals surface area contributed by atoms with Gasteiger partial charge in [0.05, 0.1) is 6.10 Å². The molecule has 1 aromatic rings. The highest BCUT2D eigenvalue weighted by atomic mass is 32.1. The number of thiocarbonyl (C=S) groups is 1. The zero-order chi connectivity index (χ0) is 16.7. The van der Waals surface area contributed by atoms with Crippen LogP contribution in [0, 0.1) is 0 Å². The summed E-state index contributed by atoms with van der Waals surface area (Å²) in [4.78, 5) is 23.3. The van der Waals surface area contributed by atoms with Crippen LogP contribution in [0.1, 0.15) is 36.5 Å². The van der Waals surface area contributed by atoms with Gasteiger partial charge in [-0.3, -0.25) is 9.59 Å². The van der Waals surface area contributed by atoms with E-state index in [1.807, 2.05) is 0 Å². The zero-order valence-corrected chi connectivity index (χ0v) is 13.9. The molecule has 2 amide bonds. The highest BCUT2D eigenvalue weighted by molar-refractivity contribution is 7.80. The van der Waals surface area contributed by atoms with Crippen LogP contribution in [0.4, 0.5) is 5.69 Å². The third-order valence-corrected chi connectivity index (χ3v) is 3.70. The molecule has 1 aliphatic heterocycles. The lowest BCUT2D eigenvalue weighted by molar-refractivity contribution is -0.119. The maximum absolute atomic E-state index is 12.0. The van der Waals surface area contributed by atoms with E-state index in [-0.39, 0.29) is 23.0 Å². The summed E-state index contributed by atoms with van der Waals surface area (Å²) in [6.45, 7) is 3.06. The van der Waals surface area contributed by atoms with E-state index in [9.17, 15) is 9.59 Å². The predicted molar refractivity (Wildman–Crippen MR) is 92.4 cm³/mol. The summed E-state index contributed by atoms with van der Waals surface area (Å²) in [5, 5.41) is 8.56. The van der Waals surface area contributed by atoms with Gasteiger partial charge in [-0.15, -0.1) is 0 Å². The Morgan fingerprint density at radius 3 is 2.65 bits per heavy atom. The summed E-state index contributed by atoms with van der Waals surface area (Å²) in [6, 6.07) is 6.89. The van der Waals surface area contributed by atoms with Crippen molar-refractivity contribution in [1.82, 2.24) is 10.6 Å². The molecule has 0 saturated carbocycles. The van der Waals surface area contributed by atoms with Crippen molar-refractivity contribution >= 4 is 34.8 Å². The monoisotopic (exact) mass is 335 g/mol. The third kappa shape index (κ3) is 5.61. The Balaban J connectivity index is 1.82. The van der Waals surface area contributed by atoms with Gasteiger partial charge in [-0.1, -0.05) is 6.92 Å². The predicted octanol–water partition coefficient (Wildman–Crippen LogP) is 1.82. The van der Waals surface area contributed by atoms with Gasteiger partial charge in [0.15, 0.2) is 5.11 Å². The summed E-state index contributed by atoms with van der Waals surface area (Å²) in [7, 11) is 0. The van der Waals surface area contributed by atoms with Gasteiger partial charge < -0.3 is 20.7 Å². The minimum atomic E-state index is -0.146. The Morgan fingerprint density at radius 1 is 1.30 bits per heavy atom. The van der Waals surface area contributed by atoms with Crippen LogP contribution in [0.5, 0.6) is 0 Å². The van der Waals surface area contributed by atoms with Gasteiger partial charge in [-0.25, -0.2) is 0 Å². The molecule has 1 saturated heterocycles. The molecule has 124 valence electrons. The summed E-state index contributed by atoms with van der Waals surface area (Å²) in [6.07, 6.45) is 2.53. The first-order valence-electron chi connectivity index (χ1n) is 7.69. The lowest BCUT2D eigenvalue weighted by Gasteiger charge is -2.12. The third-order valence-electron chi connectivity index (χ3n) is 3.49. The van der Waals surface area contributed by atoms with Crippen molar-refractivity contribution in [2.75, 3.05) is 18.5 Å². The largest absolute Gasteiger partial charge is 0.376 e. The number of nitrogens with one attached hydrogen (secondary N) is 3. The molecular formula is C16H21N3O3S. The summed E-state index contributed by atoms with van der Waals surface area (Å²) < 4.78 is 5.47. The maximum atomic E-state index is 12.0. The molecule has 1 heterocycles. The number of carbonyl (C=O) groups excluding carboxylic acids is 2. The molecule has 2 rings (SSSR count). The van der Waals surface area contributed by atoms with Crippen molar-refractivity contribution in [2.45, 2.75) is 32.3 Å². The summed E-state index contributed by atoms with van der Waals surface area (Å²) in [5.41, 5.74) is 1.28. The number of benzene rings is 1. The van der Waals surface area contributed by atoms with E-state index >= 15 is 0 Å². The van der Waals surface area contributed by atoms with E-state index in [2.05, 4.69) is 16.0 Å². The second-order valence-electron chi connectivity index (χ2n) is 5.28. The van der Waals surface area contributed by atoms with Gasteiger partial charge in [0, 0.05) is 30.8 Å². The van der Waals surface area contributed by atoms with Gasteiger partial charge in [0.2, 0.25) is 5.91 Å². The van der Waals surface area contributed by atoms with E-state index in [0.717, 1.165) is 19.4 Å². The number of rotatable bonds is 5. The molecule has 0 bridgehead atoms. The van der Waals surface area contributed by atoms with E-state index < -0.39 is 0 Å². The first-order valence-corrected chi connectivity index (χ1v) is 8.10. The SMILES string of the molecule is CCC(=O)NC(=S)Nc1ccc(C(=O)NC[C@H]2CCCO2)cc1. The quantitative estimate of drug-likeness (QED) is 0.715. The van der Waals surface area contributed by atoms with Crippen molar-refractivity contribution < 1.29 is 14.3 Å². The number of anilines is 1. The Morgan fingerprint density at radius 2 is 2.04 bits per heavy atom. The van der Waals surface area contributed by atoms with Crippen molar-refractivity contribution in [3.8, 4) is 0 Å². The van der Waals surface area contributed by atoms with E-state index in [4.69, 9.17) is 17.0 Å². The average Bonchev–Trinajstić information content (AvgIpc) is 3.06. The van der Waals surface area contributed by atoms with Gasteiger partial charge >= 0.3 is 0 Å². The molecule has 0 spiro atoms. The van der Waals surface area contributed by atoms with Crippen LogP contribution >= 0.6 is 12.2 Å². The van der Waals surface area contributed by atoms with Crippen LogP contribution in [0.25, 0.3) is 0 Å². The molecule has 3 N–H and O–H groups in total. The molecule has 6 nitrogen and oxygen atoms in total. The maximum Gasteiger partial charge on any atom is 0.251 e. The van der Waals surface area contributed by atoms with Crippen molar-refractivity contribution in [1.29, 1.82) is 0 Å². The van der Waals surface area contributed by atoms with Crippen molar-refractivity contribution in [3.05, 3.63) is 29.8 Å². The summed E-state index contributed by atoms with van der Waals surface area (Å²) >= 11 is 5.03. The minimum Gasteiger partial charge on any atom is -0.376 e. The smallest absolute Gasteiger partial charge is 0.251 e. The fourth-order valence-corrected chi connectivity index (χ4v) is 2.43. The van der Waals surface area contributed by atoms with Crippen LogP contribution < -0.4 is 16.0 Å². The molecular weight excluding hydrogens is 314 g/mol. The van der Waals surface area contributed by atoms with Crippen LogP contribution in [0.2, 0.25) is 0 Å². The lowest BCUT2D eigenvalue weighted by atomic mass is 10.2. The Kier molecular flexibility index (Phi) is 6.49. The number of ether oxygens (including phenoxy) is 1. The number of hydrogen-bond donors (Lipinski definition) is 3. The fourth-order valence-electron chi connectivity index (χ4n) is 2.20. The minimum absolute atomic E-state index is 0.124. The van der Waals surface area contributed by atoms with E-state index in [1.165, 1.54) is 0 Å². The molecule has 0 radical (unpaired) electrons. The van der Waals surface area contributed by atoms with Gasteiger partial charge in [0.1, 0.15) is 0 Å². The van der Waals surface area contributed by atoms with Gasteiger partial charge in [-0.2, -0.15) is 0 Å². The van der Waals surface area contributed by atoms with Crippen LogP contribution in [-0.2, 0) is 9.53 Å². The second-order valence-corrected chi connectivity index (χ2v) is 5.69. The highest BCUT2D eigenvalue weighted by Crippen LogP contribution is 2.12. The molecule has 0 unspecified atom stereocenters. The van der Waals surface area contributed by atoms with Crippen molar-refractivity contribution in [3.63, 3.8) is 0 Å². The number of carbonyl (C=O) groups is 2. The Hall–Kier alpha value is -1.99. The molecule has 7 heteroatoms. The number of hydrogen-bond acceptors (Lipinski definition) is 4. The first-order chi connectivity index (χ1) is 11.1. The first kappa shape index (κ1) is 17.4. The fraction of sp³-hybridized carbons (Fsp3) is 0.438. The van der Waals surface area contributed by atoms with Crippen LogP contribution in [0.3, 0.4) is 0 Å².